The van der Waals surface area contributed by atoms with Gasteiger partial charge in [0.05, 0.1) is 5.69 Å². The number of nitrogens with one attached hydrogen (secondary N) is 1. The molecule has 1 aliphatic rings. The van der Waals surface area contributed by atoms with Gasteiger partial charge < -0.3 is 10.7 Å². The molecule has 3 aromatic heterocycles. The van der Waals surface area contributed by atoms with E-state index < -0.39 is 0 Å². The summed E-state index contributed by atoms with van der Waals surface area (Å²) in [5.74, 6) is 2.93. The lowest BCUT2D eigenvalue weighted by Crippen LogP contribution is -2.13. The summed E-state index contributed by atoms with van der Waals surface area (Å²) in [5.41, 5.74) is 11.4. The second-order valence-corrected chi connectivity index (χ2v) is 7.95. The molecule has 0 radical (unpaired) electrons. The van der Waals surface area contributed by atoms with Gasteiger partial charge in [-0.1, -0.05) is 44.1 Å². The number of nitrogen functional groups attached to an aromatic ring is 1. The third-order valence-electron chi connectivity index (χ3n) is 5.88. The first kappa shape index (κ1) is 18.5. The van der Waals surface area contributed by atoms with Crippen LogP contribution in [0.1, 0.15) is 62.5 Å². The monoisotopic (exact) mass is 375 g/mol. The maximum absolute atomic E-state index is 6.29. The fourth-order valence-corrected chi connectivity index (χ4v) is 4.23. The van der Waals surface area contributed by atoms with E-state index in [0.29, 0.717) is 11.7 Å². The molecule has 1 saturated carbocycles. The molecule has 3 N–H and O–H groups in total. The molecule has 5 heteroatoms. The first-order valence-electron chi connectivity index (χ1n) is 10.2. The maximum atomic E-state index is 6.29. The zero-order valence-electron chi connectivity index (χ0n) is 16.9. The summed E-state index contributed by atoms with van der Waals surface area (Å²) in [7, 11) is 0. The number of imidazole rings is 1. The molecule has 0 spiro atoms. The average Bonchev–Trinajstić information content (AvgIpc) is 3.25. The van der Waals surface area contributed by atoms with Gasteiger partial charge in [0.15, 0.2) is 0 Å². The van der Waals surface area contributed by atoms with Crippen molar-refractivity contribution in [2.24, 2.45) is 5.92 Å². The van der Waals surface area contributed by atoms with E-state index in [1.807, 2.05) is 25.3 Å². The third kappa shape index (κ3) is 3.37. The van der Waals surface area contributed by atoms with Gasteiger partial charge in [0.2, 0.25) is 0 Å². The van der Waals surface area contributed by atoms with E-state index in [0.717, 1.165) is 39.9 Å². The second-order valence-electron chi connectivity index (χ2n) is 7.95. The zero-order valence-corrected chi connectivity index (χ0v) is 16.9. The van der Waals surface area contributed by atoms with Crippen molar-refractivity contribution in [1.29, 1.82) is 0 Å². The molecular formula is C23H29N5. The molecule has 146 valence electrons. The number of nitrogens with two attached hydrogens (primary N) is 1. The largest absolute Gasteiger partial charge is 0.382 e. The van der Waals surface area contributed by atoms with Crippen molar-refractivity contribution in [3.05, 3.63) is 53.8 Å². The molecule has 5 nitrogen and oxygen atoms in total. The van der Waals surface area contributed by atoms with Crippen molar-refractivity contribution < 1.29 is 0 Å². The number of allylic oxidation sites excluding steroid dienone is 3. The Balaban J connectivity index is 1.81. The van der Waals surface area contributed by atoms with Crippen molar-refractivity contribution >= 4 is 17.4 Å². The van der Waals surface area contributed by atoms with E-state index in [2.05, 4.69) is 46.4 Å². The van der Waals surface area contributed by atoms with E-state index in [9.17, 15) is 0 Å². The number of nitrogens with zero attached hydrogens (tertiary/aromatic N) is 3. The molecule has 0 bridgehead atoms. The van der Waals surface area contributed by atoms with Crippen molar-refractivity contribution in [3.63, 3.8) is 0 Å². The zero-order chi connectivity index (χ0) is 19.7. The van der Waals surface area contributed by atoms with Gasteiger partial charge in [-0.05, 0) is 44.2 Å². The molecular weight excluding hydrogens is 346 g/mol. The minimum Gasteiger partial charge on any atom is -0.382 e. The highest BCUT2D eigenvalue weighted by atomic mass is 15.1. The Labute approximate surface area is 166 Å². The average molecular weight is 376 g/mol. The second kappa shape index (κ2) is 7.66. The van der Waals surface area contributed by atoms with Crippen LogP contribution in [0.2, 0.25) is 0 Å². The Kier molecular flexibility index (Phi) is 5.07. The SMILES string of the molecule is C/C=C\C=C/c1cc(-c2nc(C3CCC(C)CC3)n3ccnc(N)c23)[nH]c1C. The Morgan fingerprint density at radius 2 is 2.00 bits per heavy atom. The van der Waals surface area contributed by atoms with Crippen LogP contribution in [0.15, 0.2) is 36.7 Å². The molecule has 3 heterocycles. The molecule has 0 atom stereocenters. The summed E-state index contributed by atoms with van der Waals surface area (Å²) in [6.45, 7) is 6.44. The summed E-state index contributed by atoms with van der Waals surface area (Å²) in [6.07, 6.45) is 16.9. The van der Waals surface area contributed by atoms with Crippen LogP contribution < -0.4 is 5.73 Å². The number of H-pyrrole nitrogens is 1. The van der Waals surface area contributed by atoms with Gasteiger partial charge >= 0.3 is 0 Å². The molecule has 1 aliphatic carbocycles. The summed E-state index contributed by atoms with van der Waals surface area (Å²) in [4.78, 5) is 12.9. The van der Waals surface area contributed by atoms with Crippen LogP contribution in [0.5, 0.6) is 0 Å². The highest BCUT2D eigenvalue weighted by Crippen LogP contribution is 2.38. The van der Waals surface area contributed by atoms with E-state index >= 15 is 0 Å². The van der Waals surface area contributed by atoms with Crippen molar-refractivity contribution in [2.45, 2.75) is 52.4 Å². The highest BCUT2D eigenvalue weighted by Gasteiger charge is 2.26. The summed E-state index contributed by atoms with van der Waals surface area (Å²) in [5, 5.41) is 0. The van der Waals surface area contributed by atoms with Crippen molar-refractivity contribution in [2.75, 3.05) is 5.73 Å². The topological polar surface area (TPSA) is 72.0 Å². The number of hydrogen-bond acceptors (Lipinski definition) is 3. The Morgan fingerprint density at radius 3 is 2.75 bits per heavy atom. The Bertz CT molecular complexity index is 1030. The van der Waals surface area contributed by atoms with Crippen LogP contribution in [-0.4, -0.2) is 19.4 Å². The quantitative estimate of drug-likeness (QED) is 0.592. The van der Waals surface area contributed by atoms with Crippen LogP contribution >= 0.6 is 0 Å². The smallest absolute Gasteiger partial charge is 0.150 e. The van der Waals surface area contributed by atoms with Gasteiger partial charge in [0, 0.05) is 24.0 Å². The minimum atomic E-state index is 0.476. The maximum Gasteiger partial charge on any atom is 0.150 e. The summed E-state index contributed by atoms with van der Waals surface area (Å²) < 4.78 is 2.16. The van der Waals surface area contributed by atoms with Gasteiger partial charge in [-0.2, -0.15) is 0 Å². The molecule has 3 aromatic rings. The fraction of sp³-hybridized carbons (Fsp3) is 0.391. The summed E-state index contributed by atoms with van der Waals surface area (Å²) >= 11 is 0. The van der Waals surface area contributed by atoms with Crippen molar-refractivity contribution in [3.8, 4) is 11.4 Å². The van der Waals surface area contributed by atoms with Crippen LogP contribution in [-0.2, 0) is 0 Å². The van der Waals surface area contributed by atoms with Gasteiger partial charge in [0.25, 0.3) is 0 Å². The van der Waals surface area contributed by atoms with Crippen molar-refractivity contribution in [1.82, 2.24) is 19.4 Å². The highest BCUT2D eigenvalue weighted by molar-refractivity contribution is 5.85. The van der Waals surface area contributed by atoms with Gasteiger partial charge in [0.1, 0.15) is 22.9 Å². The number of aryl methyl sites for hydroxylation is 1. The van der Waals surface area contributed by atoms with Crippen LogP contribution in [0.3, 0.4) is 0 Å². The molecule has 0 aromatic carbocycles. The summed E-state index contributed by atoms with van der Waals surface area (Å²) in [6, 6.07) is 2.15. The number of aromatic amines is 1. The first-order chi connectivity index (χ1) is 13.6. The predicted molar refractivity (Wildman–Crippen MR) is 116 cm³/mol. The van der Waals surface area contributed by atoms with E-state index in [1.165, 1.54) is 25.7 Å². The van der Waals surface area contributed by atoms with Crippen LogP contribution in [0.25, 0.3) is 23.0 Å². The van der Waals surface area contributed by atoms with Crippen LogP contribution in [0.4, 0.5) is 5.82 Å². The Hall–Kier alpha value is -2.82. The number of fused-ring (bicyclic) bond motifs is 1. The normalized spacial score (nSPS) is 20.7. The number of hydrogen-bond donors (Lipinski definition) is 2. The van der Waals surface area contributed by atoms with Gasteiger partial charge in [-0.25, -0.2) is 9.97 Å². The minimum absolute atomic E-state index is 0.476. The number of aromatic nitrogens is 4. The lowest BCUT2D eigenvalue weighted by atomic mass is 9.82. The van der Waals surface area contributed by atoms with Gasteiger partial charge in [-0.3, -0.25) is 4.40 Å². The molecule has 0 amide bonds. The lowest BCUT2D eigenvalue weighted by Gasteiger charge is -2.25. The predicted octanol–water partition coefficient (Wildman–Crippen LogP) is 5.50. The molecule has 0 saturated heterocycles. The number of rotatable bonds is 4. The van der Waals surface area contributed by atoms with Gasteiger partial charge in [-0.15, -0.1) is 0 Å². The fourth-order valence-electron chi connectivity index (χ4n) is 4.23. The van der Waals surface area contributed by atoms with E-state index in [1.54, 1.807) is 6.20 Å². The standard InChI is InChI=1S/C23H29N5/c1-4-5-6-7-18-14-19(26-16(18)3)20-21-22(24)25-12-13-28(21)23(27-20)17-10-8-15(2)9-11-17/h4-7,12-15,17,26H,8-11H2,1-3H3,(H2,24,25)/b5-4-,7-6-. The van der Waals surface area contributed by atoms with E-state index in [4.69, 9.17) is 10.7 Å². The molecule has 4 rings (SSSR count). The van der Waals surface area contributed by atoms with E-state index in [-0.39, 0.29) is 0 Å². The molecule has 28 heavy (non-hydrogen) atoms. The Morgan fingerprint density at radius 1 is 1.21 bits per heavy atom. The number of anilines is 1. The molecule has 0 aliphatic heterocycles. The first-order valence-corrected chi connectivity index (χ1v) is 10.2. The molecule has 0 unspecified atom stereocenters. The molecule has 1 fully saturated rings. The van der Waals surface area contributed by atoms with Crippen LogP contribution in [0, 0.1) is 12.8 Å². The lowest BCUT2D eigenvalue weighted by molar-refractivity contribution is 0.339. The third-order valence-corrected chi connectivity index (χ3v) is 5.88.